The molecule has 0 saturated carbocycles. The molecule has 21 heavy (non-hydrogen) atoms. The molecule has 0 aromatic carbocycles. The number of halogens is 3. The van der Waals surface area contributed by atoms with Gasteiger partial charge in [0.2, 0.25) is 5.91 Å². The third-order valence-electron chi connectivity index (χ3n) is 3.19. The second-order valence-electron chi connectivity index (χ2n) is 4.66. The second kappa shape index (κ2) is 10.1. The fourth-order valence-electron chi connectivity index (χ4n) is 2.22. The maximum atomic E-state index is 11.7. The Kier molecular flexibility index (Phi) is 9.70. The smallest absolute Gasteiger partial charge is 0.221 e. The Bertz CT molecular complexity index is 447. The molecule has 1 atom stereocenters. The van der Waals surface area contributed by atoms with Gasteiger partial charge in [0.05, 0.1) is 5.02 Å². The molecule has 120 valence electrons. The van der Waals surface area contributed by atoms with Crippen LogP contribution in [0.25, 0.3) is 0 Å². The lowest BCUT2D eigenvalue weighted by Crippen LogP contribution is -2.38. The highest BCUT2D eigenvalue weighted by molar-refractivity contribution is 6.32. The summed E-state index contributed by atoms with van der Waals surface area (Å²) in [6.07, 6.45) is 3.18. The van der Waals surface area contributed by atoms with Crippen molar-refractivity contribution in [2.24, 2.45) is 0 Å². The summed E-state index contributed by atoms with van der Waals surface area (Å²) in [5, 5.41) is 6.67. The van der Waals surface area contributed by atoms with E-state index in [2.05, 4.69) is 20.5 Å². The molecule has 1 aliphatic rings. The van der Waals surface area contributed by atoms with Gasteiger partial charge in [0.25, 0.3) is 0 Å². The van der Waals surface area contributed by atoms with Crippen molar-refractivity contribution in [3.05, 3.63) is 23.4 Å². The monoisotopic (exact) mass is 354 g/mol. The van der Waals surface area contributed by atoms with E-state index in [-0.39, 0.29) is 36.8 Å². The van der Waals surface area contributed by atoms with Crippen LogP contribution in [-0.4, -0.2) is 43.6 Å². The van der Waals surface area contributed by atoms with E-state index < -0.39 is 0 Å². The van der Waals surface area contributed by atoms with Crippen LogP contribution in [0.4, 0.5) is 5.82 Å². The number of hydrogen-bond donors (Lipinski definition) is 2. The first-order chi connectivity index (χ1) is 9.20. The van der Waals surface area contributed by atoms with E-state index in [9.17, 15) is 4.79 Å². The number of aromatic nitrogens is 1. The van der Waals surface area contributed by atoms with Crippen molar-refractivity contribution in [1.29, 1.82) is 0 Å². The van der Waals surface area contributed by atoms with E-state index in [0.29, 0.717) is 18.0 Å². The van der Waals surface area contributed by atoms with Crippen molar-refractivity contribution in [1.82, 2.24) is 15.6 Å². The van der Waals surface area contributed by atoms with Crippen LogP contribution in [0.3, 0.4) is 0 Å². The fourth-order valence-corrected chi connectivity index (χ4v) is 2.46. The highest BCUT2D eigenvalue weighted by Crippen LogP contribution is 2.25. The molecular weight excluding hydrogens is 335 g/mol. The number of nitrogens with zero attached hydrogens (tertiary/aromatic N) is 2. The zero-order valence-corrected chi connectivity index (χ0v) is 14.2. The average molecular weight is 356 g/mol. The van der Waals surface area contributed by atoms with Crippen molar-refractivity contribution in [3.63, 3.8) is 0 Å². The predicted octanol–water partition coefficient (Wildman–Crippen LogP) is 1.88. The van der Waals surface area contributed by atoms with Crippen LogP contribution in [0.2, 0.25) is 5.02 Å². The Morgan fingerprint density at radius 2 is 2.29 bits per heavy atom. The van der Waals surface area contributed by atoms with E-state index in [1.807, 2.05) is 19.2 Å². The van der Waals surface area contributed by atoms with Gasteiger partial charge in [-0.25, -0.2) is 4.98 Å². The van der Waals surface area contributed by atoms with Crippen molar-refractivity contribution < 1.29 is 4.79 Å². The minimum atomic E-state index is 0. The molecule has 2 rings (SSSR count). The first-order valence-electron chi connectivity index (χ1n) is 6.50. The summed E-state index contributed by atoms with van der Waals surface area (Å²) in [5.41, 5.74) is 0. The first kappa shape index (κ1) is 20.2. The number of nitrogens with one attached hydrogen (secondary N) is 2. The molecule has 1 saturated heterocycles. The van der Waals surface area contributed by atoms with Crippen molar-refractivity contribution in [2.45, 2.75) is 18.9 Å². The minimum Gasteiger partial charge on any atom is -0.353 e. The predicted molar refractivity (Wildman–Crippen MR) is 91.0 cm³/mol. The lowest BCUT2D eigenvalue weighted by atomic mass is 10.2. The van der Waals surface area contributed by atoms with Crippen LogP contribution in [0.5, 0.6) is 0 Å². The molecule has 0 radical (unpaired) electrons. The van der Waals surface area contributed by atoms with Gasteiger partial charge in [-0.1, -0.05) is 11.6 Å². The standard InChI is InChI=1S/C13H19ClN4O.2ClH/c1-15-7-4-12(19)17-10-5-8-18(9-10)13-11(14)3-2-6-16-13;;/h2-3,6,10,15H,4-5,7-9H2,1H3,(H,17,19);2*1H. The Morgan fingerprint density at radius 1 is 1.52 bits per heavy atom. The van der Waals surface area contributed by atoms with Crippen LogP contribution in [-0.2, 0) is 4.79 Å². The first-order valence-corrected chi connectivity index (χ1v) is 6.88. The van der Waals surface area contributed by atoms with Crippen LogP contribution >= 0.6 is 36.4 Å². The summed E-state index contributed by atoms with van der Waals surface area (Å²) >= 11 is 6.13. The van der Waals surface area contributed by atoms with Gasteiger partial charge in [0, 0.05) is 38.3 Å². The third-order valence-corrected chi connectivity index (χ3v) is 3.49. The van der Waals surface area contributed by atoms with Crippen LogP contribution in [0.15, 0.2) is 18.3 Å². The number of pyridine rings is 1. The molecule has 0 aliphatic carbocycles. The Balaban J connectivity index is 0.00000200. The summed E-state index contributed by atoms with van der Waals surface area (Å²) in [5.74, 6) is 0.893. The lowest BCUT2D eigenvalue weighted by molar-refractivity contribution is -0.121. The van der Waals surface area contributed by atoms with Crippen molar-refractivity contribution in [3.8, 4) is 0 Å². The van der Waals surface area contributed by atoms with Gasteiger partial charge in [0.15, 0.2) is 0 Å². The second-order valence-corrected chi connectivity index (χ2v) is 5.07. The summed E-state index contributed by atoms with van der Waals surface area (Å²) in [4.78, 5) is 18.1. The summed E-state index contributed by atoms with van der Waals surface area (Å²) in [6.45, 7) is 2.34. The number of anilines is 1. The number of carbonyl (C=O) groups excluding carboxylic acids is 1. The van der Waals surface area contributed by atoms with Gasteiger partial charge >= 0.3 is 0 Å². The van der Waals surface area contributed by atoms with Crippen LogP contribution in [0.1, 0.15) is 12.8 Å². The molecule has 1 aliphatic heterocycles. The van der Waals surface area contributed by atoms with Gasteiger partial charge in [-0.3, -0.25) is 4.79 Å². The van der Waals surface area contributed by atoms with Crippen molar-refractivity contribution in [2.75, 3.05) is 31.6 Å². The number of hydrogen-bond acceptors (Lipinski definition) is 4. The SMILES string of the molecule is CNCCC(=O)NC1CCN(c2ncccc2Cl)C1.Cl.Cl. The lowest BCUT2D eigenvalue weighted by Gasteiger charge is -2.18. The molecule has 8 heteroatoms. The van der Waals surface area contributed by atoms with Crippen LogP contribution in [0, 0.1) is 0 Å². The molecule has 2 N–H and O–H groups in total. The minimum absolute atomic E-state index is 0. The van der Waals surface area contributed by atoms with E-state index in [1.54, 1.807) is 6.20 Å². The van der Waals surface area contributed by atoms with E-state index >= 15 is 0 Å². The zero-order valence-electron chi connectivity index (χ0n) is 11.8. The topological polar surface area (TPSA) is 57.3 Å². The molecule has 1 aromatic rings. The molecule has 5 nitrogen and oxygen atoms in total. The third kappa shape index (κ3) is 5.87. The number of amides is 1. The van der Waals surface area contributed by atoms with Crippen molar-refractivity contribution >= 4 is 48.1 Å². The molecule has 0 bridgehead atoms. The highest BCUT2D eigenvalue weighted by atomic mass is 35.5. The Morgan fingerprint density at radius 3 is 2.95 bits per heavy atom. The molecular formula is C13H21Cl3N4O. The maximum Gasteiger partial charge on any atom is 0.221 e. The van der Waals surface area contributed by atoms with E-state index in [0.717, 1.165) is 25.3 Å². The summed E-state index contributed by atoms with van der Waals surface area (Å²) < 4.78 is 0. The van der Waals surface area contributed by atoms with E-state index in [4.69, 9.17) is 11.6 Å². The van der Waals surface area contributed by atoms with Gasteiger partial charge < -0.3 is 15.5 Å². The quantitative estimate of drug-likeness (QED) is 0.847. The maximum absolute atomic E-state index is 11.7. The average Bonchev–Trinajstić information content (AvgIpc) is 2.85. The fraction of sp³-hybridized carbons (Fsp3) is 0.538. The molecule has 2 heterocycles. The molecule has 1 unspecified atom stereocenters. The van der Waals surface area contributed by atoms with Gasteiger partial charge in [-0.15, -0.1) is 24.8 Å². The molecule has 1 fully saturated rings. The number of rotatable bonds is 5. The van der Waals surface area contributed by atoms with Gasteiger partial charge in [0.1, 0.15) is 5.82 Å². The van der Waals surface area contributed by atoms with Crippen LogP contribution < -0.4 is 15.5 Å². The summed E-state index contributed by atoms with van der Waals surface area (Å²) in [7, 11) is 1.84. The number of carbonyl (C=O) groups is 1. The Hall–Kier alpha value is -0.750. The van der Waals surface area contributed by atoms with Gasteiger partial charge in [-0.05, 0) is 25.6 Å². The molecule has 1 aromatic heterocycles. The molecule has 1 amide bonds. The largest absolute Gasteiger partial charge is 0.353 e. The summed E-state index contributed by atoms with van der Waals surface area (Å²) in [6, 6.07) is 3.84. The normalized spacial score (nSPS) is 16.9. The Labute approximate surface area is 142 Å². The van der Waals surface area contributed by atoms with Gasteiger partial charge in [-0.2, -0.15) is 0 Å². The zero-order chi connectivity index (χ0) is 13.7. The molecule has 0 spiro atoms. The van der Waals surface area contributed by atoms with E-state index in [1.165, 1.54) is 0 Å². The highest BCUT2D eigenvalue weighted by Gasteiger charge is 2.25.